The molecule has 3 heterocycles. The van der Waals surface area contributed by atoms with Crippen molar-refractivity contribution in [2.45, 2.75) is 38.5 Å². The SMILES string of the molecule is CC1CN(c2cc3nn(C4CCCCO4)cc3cc2Oc2ccc([N+](=O)[O-])cc2F)CCO1. The fraction of sp³-hybridized carbons (Fsp3) is 0.435. The van der Waals surface area contributed by atoms with Crippen molar-refractivity contribution < 1.29 is 23.5 Å². The third kappa shape index (κ3) is 4.49. The number of ether oxygens (including phenoxy) is 3. The standard InChI is InChI=1S/C23H25FN4O5/c1-15-13-26(7-9-31-15)20-12-19-16(14-27(25-19)23-4-2-3-8-32-23)10-22(20)33-21-6-5-17(28(29)30)11-18(21)24/h5-6,10-12,14-15,23H,2-4,7-9,13H2,1H3. The summed E-state index contributed by atoms with van der Waals surface area (Å²) in [4.78, 5) is 12.4. The molecule has 0 amide bonds. The third-order valence-electron chi connectivity index (χ3n) is 5.98. The van der Waals surface area contributed by atoms with Gasteiger partial charge in [0.15, 0.2) is 17.3 Å². The Labute approximate surface area is 189 Å². The summed E-state index contributed by atoms with van der Waals surface area (Å²) in [6, 6.07) is 7.14. The van der Waals surface area contributed by atoms with E-state index in [1.54, 1.807) is 0 Å². The summed E-state index contributed by atoms with van der Waals surface area (Å²) in [7, 11) is 0. The molecule has 0 aliphatic carbocycles. The quantitative estimate of drug-likeness (QED) is 0.402. The number of hydrogen-bond acceptors (Lipinski definition) is 7. The Morgan fingerprint density at radius 3 is 2.79 bits per heavy atom. The number of aromatic nitrogens is 2. The highest BCUT2D eigenvalue weighted by molar-refractivity contribution is 5.86. The lowest BCUT2D eigenvalue weighted by Gasteiger charge is -2.33. The fourth-order valence-electron chi connectivity index (χ4n) is 4.31. The Hall–Kier alpha value is -3.24. The zero-order valence-corrected chi connectivity index (χ0v) is 18.3. The lowest BCUT2D eigenvalue weighted by molar-refractivity contribution is -0.385. The van der Waals surface area contributed by atoms with Crippen LogP contribution in [0.25, 0.3) is 10.9 Å². The van der Waals surface area contributed by atoms with E-state index < -0.39 is 10.7 Å². The van der Waals surface area contributed by atoms with Gasteiger partial charge in [-0.1, -0.05) is 0 Å². The second kappa shape index (κ2) is 8.95. The van der Waals surface area contributed by atoms with Crippen LogP contribution in [0.1, 0.15) is 32.4 Å². The van der Waals surface area contributed by atoms with Gasteiger partial charge in [0.2, 0.25) is 0 Å². The van der Waals surface area contributed by atoms with Crippen molar-refractivity contribution in [3.63, 3.8) is 0 Å². The molecule has 2 atom stereocenters. The van der Waals surface area contributed by atoms with Crippen molar-refractivity contribution in [3.05, 3.63) is 52.5 Å². The van der Waals surface area contributed by atoms with Crippen molar-refractivity contribution in [2.24, 2.45) is 0 Å². The number of rotatable bonds is 5. The number of nitro groups is 1. The Balaban J connectivity index is 1.54. The molecule has 2 unspecified atom stereocenters. The summed E-state index contributed by atoms with van der Waals surface area (Å²) in [6.45, 7) is 4.58. The average Bonchev–Trinajstić information content (AvgIpc) is 3.23. The molecule has 174 valence electrons. The molecule has 2 fully saturated rings. The molecule has 1 aromatic heterocycles. The summed E-state index contributed by atoms with van der Waals surface area (Å²) >= 11 is 0. The van der Waals surface area contributed by atoms with Crippen LogP contribution in [0, 0.1) is 15.9 Å². The van der Waals surface area contributed by atoms with Gasteiger partial charge < -0.3 is 19.1 Å². The summed E-state index contributed by atoms with van der Waals surface area (Å²) in [5.74, 6) is -0.420. The van der Waals surface area contributed by atoms with Gasteiger partial charge in [0.25, 0.3) is 5.69 Å². The maximum Gasteiger partial charge on any atom is 0.272 e. The predicted molar refractivity (Wildman–Crippen MR) is 119 cm³/mol. The minimum atomic E-state index is -0.795. The van der Waals surface area contributed by atoms with Gasteiger partial charge in [-0.25, -0.2) is 9.07 Å². The van der Waals surface area contributed by atoms with Gasteiger partial charge in [-0.2, -0.15) is 5.10 Å². The largest absolute Gasteiger partial charge is 0.452 e. The Morgan fingerprint density at radius 2 is 2.06 bits per heavy atom. The van der Waals surface area contributed by atoms with Crippen LogP contribution >= 0.6 is 0 Å². The van der Waals surface area contributed by atoms with Gasteiger partial charge >= 0.3 is 0 Å². The molecular weight excluding hydrogens is 431 g/mol. The minimum absolute atomic E-state index is 0.0339. The van der Waals surface area contributed by atoms with Crippen LogP contribution in [-0.4, -0.2) is 47.1 Å². The van der Waals surface area contributed by atoms with Crippen LogP contribution < -0.4 is 9.64 Å². The van der Waals surface area contributed by atoms with E-state index in [1.165, 1.54) is 12.1 Å². The molecule has 9 nitrogen and oxygen atoms in total. The fourth-order valence-corrected chi connectivity index (χ4v) is 4.31. The Bertz CT molecular complexity index is 1180. The van der Waals surface area contributed by atoms with Crippen molar-refractivity contribution >= 4 is 22.3 Å². The highest BCUT2D eigenvalue weighted by Gasteiger charge is 2.24. The Kier molecular flexibility index (Phi) is 5.86. The van der Waals surface area contributed by atoms with E-state index in [9.17, 15) is 14.5 Å². The van der Waals surface area contributed by atoms with Crippen LogP contribution in [0.3, 0.4) is 0 Å². The first-order chi connectivity index (χ1) is 16.0. The second-order valence-corrected chi connectivity index (χ2v) is 8.41. The molecular formula is C23H25FN4O5. The molecule has 2 aliphatic heterocycles. The monoisotopic (exact) mass is 456 g/mol. The molecule has 2 aliphatic rings. The van der Waals surface area contributed by atoms with Crippen molar-refractivity contribution in [1.29, 1.82) is 0 Å². The first kappa shape index (κ1) is 21.6. The maximum absolute atomic E-state index is 14.6. The normalized spacial score (nSPS) is 21.3. The van der Waals surface area contributed by atoms with E-state index >= 15 is 0 Å². The average molecular weight is 456 g/mol. The van der Waals surface area contributed by atoms with Gasteiger partial charge in [0.05, 0.1) is 34.9 Å². The predicted octanol–water partition coefficient (Wildman–Crippen LogP) is 4.80. The maximum atomic E-state index is 14.6. The number of non-ortho nitro benzene ring substituents is 1. The number of anilines is 1. The minimum Gasteiger partial charge on any atom is -0.452 e. The second-order valence-electron chi connectivity index (χ2n) is 8.41. The highest BCUT2D eigenvalue weighted by atomic mass is 19.1. The summed E-state index contributed by atoms with van der Waals surface area (Å²) < 4.78 is 33.9. The van der Waals surface area contributed by atoms with E-state index in [4.69, 9.17) is 19.3 Å². The molecule has 0 spiro atoms. The summed E-state index contributed by atoms with van der Waals surface area (Å²) in [5.41, 5.74) is 1.23. The van der Waals surface area contributed by atoms with Crippen molar-refractivity contribution in [3.8, 4) is 11.5 Å². The molecule has 2 saturated heterocycles. The van der Waals surface area contributed by atoms with Crippen LogP contribution in [-0.2, 0) is 9.47 Å². The van der Waals surface area contributed by atoms with Crippen LogP contribution in [0.4, 0.5) is 15.8 Å². The number of fused-ring (bicyclic) bond motifs is 1. The molecule has 3 aromatic rings. The molecule has 0 bridgehead atoms. The molecule has 5 rings (SSSR count). The zero-order chi connectivity index (χ0) is 22.9. The molecule has 0 saturated carbocycles. The summed E-state index contributed by atoms with van der Waals surface area (Å²) in [6.07, 6.45) is 4.89. The van der Waals surface area contributed by atoms with E-state index in [0.717, 1.165) is 41.9 Å². The molecule has 33 heavy (non-hydrogen) atoms. The van der Waals surface area contributed by atoms with Gasteiger partial charge in [0, 0.05) is 37.3 Å². The van der Waals surface area contributed by atoms with Crippen LogP contribution in [0.15, 0.2) is 36.5 Å². The molecule has 10 heteroatoms. The topological polar surface area (TPSA) is 91.9 Å². The van der Waals surface area contributed by atoms with E-state index in [0.29, 0.717) is 32.1 Å². The zero-order valence-electron chi connectivity index (χ0n) is 18.3. The number of nitrogens with zero attached hydrogens (tertiary/aromatic N) is 4. The van der Waals surface area contributed by atoms with Crippen molar-refractivity contribution in [2.75, 3.05) is 31.2 Å². The van der Waals surface area contributed by atoms with Crippen LogP contribution in [0.2, 0.25) is 0 Å². The highest BCUT2D eigenvalue weighted by Crippen LogP contribution is 2.38. The van der Waals surface area contributed by atoms with Gasteiger partial charge in [-0.15, -0.1) is 0 Å². The Morgan fingerprint density at radius 1 is 1.18 bits per heavy atom. The number of halogens is 1. The smallest absolute Gasteiger partial charge is 0.272 e. The first-order valence-corrected chi connectivity index (χ1v) is 11.1. The van der Waals surface area contributed by atoms with Gasteiger partial charge in [0.1, 0.15) is 6.23 Å². The summed E-state index contributed by atoms with van der Waals surface area (Å²) in [5, 5.41) is 16.5. The molecule has 2 aromatic carbocycles. The lowest BCUT2D eigenvalue weighted by atomic mass is 10.1. The number of hydrogen-bond donors (Lipinski definition) is 0. The van der Waals surface area contributed by atoms with Gasteiger partial charge in [-0.05, 0) is 44.4 Å². The van der Waals surface area contributed by atoms with E-state index in [-0.39, 0.29) is 23.8 Å². The van der Waals surface area contributed by atoms with Crippen LogP contribution in [0.5, 0.6) is 11.5 Å². The molecule has 0 radical (unpaired) electrons. The molecule has 0 N–H and O–H groups in total. The first-order valence-electron chi connectivity index (χ1n) is 11.1. The number of nitro benzene ring substituents is 1. The van der Waals surface area contributed by atoms with Crippen molar-refractivity contribution in [1.82, 2.24) is 9.78 Å². The lowest BCUT2D eigenvalue weighted by Crippen LogP contribution is -2.41. The van der Waals surface area contributed by atoms with E-state index in [1.807, 2.05) is 29.9 Å². The number of morpholine rings is 1. The van der Waals surface area contributed by atoms with E-state index in [2.05, 4.69) is 4.90 Å². The van der Waals surface area contributed by atoms with Gasteiger partial charge in [-0.3, -0.25) is 10.1 Å². The third-order valence-corrected chi connectivity index (χ3v) is 5.98. The number of benzene rings is 2.